The minimum atomic E-state index is -2.32. The lowest BCUT2D eigenvalue weighted by molar-refractivity contribution is -0.121. The van der Waals surface area contributed by atoms with Crippen LogP contribution in [0.1, 0.15) is 20.7 Å². The third-order valence-corrected chi connectivity index (χ3v) is 3.51. The molecule has 5 nitrogen and oxygen atoms in total. The molecule has 0 fully saturated rings. The van der Waals surface area contributed by atoms with E-state index in [-0.39, 0.29) is 0 Å². The average molecular weight is 328 g/mol. The first-order valence-corrected chi connectivity index (χ1v) is 6.01. The fourth-order valence-electron chi connectivity index (χ4n) is 2.47. The Morgan fingerprint density at radius 3 is 1.70 bits per heavy atom. The molecule has 0 radical (unpaired) electrons. The van der Waals surface area contributed by atoms with Crippen LogP contribution < -0.4 is 0 Å². The van der Waals surface area contributed by atoms with Gasteiger partial charge >= 0.3 is 0 Å². The van der Waals surface area contributed by atoms with Crippen LogP contribution in [0.15, 0.2) is 23.0 Å². The second-order valence-electron chi connectivity index (χ2n) is 4.78. The van der Waals surface area contributed by atoms with Gasteiger partial charge in [-0.3, -0.25) is 14.4 Å². The molecule has 118 valence electrons. The van der Waals surface area contributed by atoms with E-state index in [1.807, 2.05) is 0 Å². The second kappa shape index (κ2) is 4.59. The zero-order valence-electron chi connectivity index (χ0n) is 10.8. The van der Waals surface area contributed by atoms with Gasteiger partial charge in [-0.2, -0.15) is 0 Å². The van der Waals surface area contributed by atoms with E-state index in [0.717, 1.165) is 0 Å². The van der Waals surface area contributed by atoms with E-state index < -0.39 is 74.8 Å². The molecule has 0 saturated carbocycles. The molecule has 0 bridgehead atoms. The van der Waals surface area contributed by atoms with Crippen molar-refractivity contribution in [1.29, 1.82) is 0 Å². The van der Waals surface area contributed by atoms with Crippen molar-refractivity contribution in [2.45, 2.75) is 6.10 Å². The van der Waals surface area contributed by atoms with E-state index in [9.17, 15) is 42.2 Å². The third-order valence-electron chi connectivity index (χ3n) is 3.51. The molecule has 2 N–H and O–H groups in total. The van der Waals surface area contributed by atoms with E-state index in [0.29, 0.717) is 6.08 Å². The zero-order chi connectivity index (χ0) is 17.2. The van der Waals surface area contributed by atoms with Gasteiger partial charge in [-0.1, -0.05) is 0 Å². The largest absolute Gasteiger partial charge is 0.507 e. The lowest BCUT2D eigenvalue weighted by Gasteiger charge is -2.25. The molecular weight excluding hydrogens is 324 g/mol. The van der Waals surface area contributed by atoms with Crippen molar-refractivity contribution < 1.29 is 42.2 Å². The molecule has 0 aliphatic heterocycles. The maximum atomic E-state index is 13.8. The number of rotatable bonds is 0. The molecule has 0 spiro atoms. The molecule has 0 amide bonds. The topological polar surface area (TPSA) is 91.7 Å². The quantitative estimate of drug-likeness (QED) is 0.324. The number of benzene rings is 1. The van der Waals surface area contributed by atoms with Crippen molar-refractivity contribution >= 4 is 17.3 Å². The number of Topliss-reactive ketones (excluding diaryl/α,β-unsaturated/α-hetero) is 3. The fraction of sp³-hybridized carbons (Fsp3) is 0.0714. The SMILES string of the molecule is O=C1C2=C(C(=O)c3c(F)c(F)c(F)c(F)c31)C(O)=CC(O)C2=O. The van der Waals surface area contributed by atoms with Gasteiger partial charge in [0.15, 0.2) is 29.1 Å². The fourth-order valence-corrected chi connectivity index (χ4v) is 2.47. The molecule has 23 heavy (non-hydrogen) atoms. The van der Waals surface area contributed by atoms with Gasteiger partial charge in [0.05, 0.1) is 22.3 Å². The number of allylic oxidation sites excluding steroid dienone is 1. The Balaban J connectivity index is 2.43. The molecule has 9 heteroatoms. The number of carbonyl (C=O) groups is 3. The molecule has 2 aliphatic rings. The Bertz CT molecular complexity index is 897. The molecule has 0 saturated heterocycles. The van der Waals surface area contributed by atoms with Crippen LogP contribution in [-0.4, -0.2) is 33.7 Å². The van der Waals surface area contributed by atoms with Crippen LogP contribution in [0.4, 0.5) is 17.6 Å². The molecule has 2 aliphatic carbocycles. The predicted molar refractivity (Wildman–Crippen MR) is 63.7 cm³/mol. The lowest BCUT2D eigenvalue weighted by atomic mass is 9.77. The number of aliphatic hydroxyl groups excluding tert-OH is 2. The van der Waals surface area contributed by atoms with Crippen LogP contribution >= 0.6 is 0 Å². The summed E-state index contributed by atoms with van der Waals surface area (Å²) in [6.45, 7) is 0. The van der Waals surface area contributed by atoms with Gasteiger partial charge in [0, 0.05) is 0 Å². The Morgan fingerprint density at radius 1 is 0.783 bits per heavy atom. The number of fused-ring (bicyclic) bond motifs is 1. The Morgan fingerprint density at radius 2 is 1.22 bits per heavy atom. The highest BCUT2D eigenvalue weighted by Crippen LogP contribution is 2.37. The molecule has 1 atom stereocenters. The van der Waals surface area contributed by atoms with Gasteiger partial charge in [-0.05, 0) is 6.08 Å². The summed E-state index contributed by atoms with van der Waals surface area (Å²) >= 11 is 0. The minimum absolute atomic E-state index is 0.505. The molecule has 1 unspecified atom stereocenters. The van der Waals surface area contributed by atoms with Crippen molar-refractivity contribution in [3.05, 3.63) is 57.4 Å². The molecule has 0 heterocycles. The normalized spacial score (nSPS) is 20.5. The van der Waals surface area contributed by atoms with E-state index in [1.165, 1.54) is 0 Å². The zero-order valence-corrected chi connectivity index (χ0v) is 10.8. The first-order chi connectivity index (χ1) is 10.7. The van der Waals surface area contributed by atoms with Gasteiger partial charge in [-0.15, -0.1) is 0 Å². The number of hydrogen-bond acceptors (Lipinski definition) is 5. The summed E-state index contributed by atoms with van der Waals surface area (Å²) in [5, 5.41) is 19.0. The van der Waals surface area contributed by atoms with Crippen LogP contribution in [0.3, 0.4) is 0 Å². The number of hydrogen-bond donors (Lipinski definition) is 2. The first kappa shape index (κ1) is 15.1. The monoisotopic (exact) mass is 328 g/mol. The molecule has 0 aromatic heterocycles. The van der Waals surface area contributed by atoms with E-state index in [1.54, 1.807) is 0 Å². The summed E-state index contributed by atoms with van der Waals surface area (Å²) in [4.78, 5) is 36.1. The predicted octanol–water partition coefficient (Wildman–Crippen LogP) is 1.30. The second-order valence-corrected chi connectivity index (χ2v) is 4.78. The number of carbonyl (C=O) groups excluding carboxylic acids is 3. The number of halogens is 4. The van der Waals surface area contributed by atoms with E-state index in [4.69, 9.17) is 0 Å². The Labute approximate surface area is 124 Å². The smallest absolute Gasteiger partial charge is 0.201 e. The first-order valence-electron chi connectivity index (χ1n) is 6.01. The lowest BCUT2D eigenvalue weighted by Crippen LogP contribution is -2.37. The highest BCUT2D eigenvalue weighted by molar-refractivity contribution is 6.39. The van der Waals surface area contributed by atoms with Crippen LogP contribution in [0.2, 0.25) is 0 Å². The molecular formula is C14H4F4O5. The summed E-state index contributed by atoms with van der Waals surface area (Å²) in [6.07, 6.45) is -1.49. The summed E-state index contributed by atoms with van der Waals surface area (Å²) in [7, 11) is 0. The number of aliphatic hydroxyl groups is 2. The summed E-state index contributed by atoms with van der Waals surface area (Å²) in [5.41, 5.74) is -4.99. The van der Waals surface area contributed by atoms with Gasteiger partial charge in [0.1, 0.15) is 11.9 Å². The summed E-state index contributed by atoms with van der Waals surface area (Å²) in [6, 6.07) is 0. The summed E-state index contributed by atoms with van der Waals surface area (Å²) in [5.74, 6) is -14.5. The molecule has 3 rings (SSSR count). The van der Waals surface area contributed by atoms with E-state index >= 15 is 0 Å². The Hall–Kier alpha value is -2.81. The van der Waals surface area contributed by atoms with Gasteiger partial charge in [0.25, 0.3) is 0 Å². The minimum Gasteiger partial charge on any atom is -0.507 e. The maximum Gasteiger partial charge on any atom is 0.201 e. The highest BCUT2D eigenvalue weighted by atomic mass is 19.2. The van der Waals surface area contributed by atoms with Crippen molar-refractivity contribution in [1.82, 2.24) is 0 Å². The number of ketones is 3. The van der Waals surface area contributed by atoms with Crippen molar-refractivity contribution in [3.63, 3.8) is 0 Å². The molecule has 1 aromatic carbocycles. The van der Waals surface area contributed by atoms with Gasteiger partial charge in [0.2, 0.25) is 11.6 Å². The van der Waals surface area contributed by atoms with Gasteiger partial charge in [-0.25, -0.2) is 17.6 Å². The standard InChI is InChI=1S/C14H4F4O5/c15-8-5-6(9(16)11(18)10(8)17)14(23)7-4(13(5)22)2(19)1-3(20)12(7)21/h1,3,19-20H. The molecule has 1 aromatic rings. The van der Waals surface area contributed by atoms with Gasteiger partial charge < -0.3 is 10.2 Å². The van der Waals surface area contributed by atoms with E-state index in [2.05, 4.69) is 0 Å². The van der Waals surface area contributed by atoms with Crippen molar-refractivity contribution in [2.24, 2.45) is 0 Å². The van der Waals surface area contributed by atoms with Crippen LogP contribution in [-0.2, 0) is 4.79 Å². The van der Waals surface area contributed by atoms with Crippen molar-refractivity contribution in [3.8, 4) is 0 Å². The maximum absolute atomic E-state index is 13.8. The summed E-state index contributed by atoms with van der Waals surface area (Å²) < 4.78 is 54.2. The third kappa shape index (κ3) is 1.73. The van der Waals surface area contributed by atoms with Crippen LogP contribution in [0.25, 0.3) is 0 Å². The van der Waals surface area contributed by atoms with Crippen LogP contribution in [0.5, 0.6) is 0 Å². The van der Waals surface area contributed by atoms with Crippen LogP contribution in [0, 0.1) is 23.3 Å². The average Bonchev–Trinajstić information content (AvgIpc) is 2.49. The van der Waals surface area contributed by atoms with Crippen molar-refractivity contribution in [2.75, 3.05) is 0 Å². The Kier molecular flexibility index (Phi) is 3.01. The highest BCUT2D eigenvalue weighted by Gasteiger charge is 2.46.